The molecule has 1 aliphatic heterocycles. The van der Waals surface area contributed by atoms with Crippen molar-refractivity contribution in [1.82, 2.24) is 0 Å². The van der Waals surface area contributed by atoms with Crippen LogP contribution < -0.4 is 4.90 Å². The number of thiophene rings is 1. The van der Waals surface area contributed by atoms with Crippen molar-refractivity contribution < 1.29 is 13.9 Å². The van der Waals surface area contributed by atoms with Gasteiger partial charge in [0.25, 0.3) is 6.43 Å². The molecule has 120 valence electrons. The second kappa shape index (κ2) is 7.09. The Hall–Kier alpha value is -1.62. The highest BCUT2D eigenvalue weighted by Gasteiger charge is 2.22. The van der Waals surface area contributed by atoms with Crippen molar-refractivity contribution in [3.05, 3.63) is 35.4 Å². The molecule has 1 aliphatic rings. The minimum atomic E-state index is -2.52. The summed E-state index contributed by atoms with van der Waals surface area (Å²) in [6.07, 6.45) is -0.574. The van der Waals surface area contributed by atoms with E-state index in [2.05, 4.69) is 0 Å². The van der Waals surface area contributed by atoms with Gasteiger partial charge >= 0.3 is 0 Å². The number of nitrogens with zero attached hydrogens (tertiary/aromatic N) is 1. The zero-order valence-electron chi connectivity index (χ0n) is 13.1. The number of aromatic hydroxyl groups is 1. The highest BCUT2D eigenvalue weighted by molar-refractivity contribution is 7.17. The number of halogens is 2. The number of alkyl halides is 2. The van der Waals surface area contributed by atoms with E-state index in [1.165, 1.54) is 0 Å². The van der Waals surface area contributed by atoms with Gasteiger partial charge in [0, 0.05) is 35.3 Å². The third-order valence-electron chi connectivity index (χ3n) is 3.69. The molecule has 0 atom stereocenters. The van der Waals surface area contributed by atoms with Gasteiger partial charge in [-0.15, -0.1) is 0 Å². The van der Waals surface area contributed by atoms with Crippen LogP contribution in [0, 0.1) is 0 Å². The van der Waals surface area contributed by atoms with E-state index in [9.17, 15) is 13.9 Å². The number of hydrogen-bond donors (Lipinski definition) is 1. The van der Waals surface area contributed by atoms with E-state index >= 15 is 0 Å². The number of hydrogen-bond acceptors (Lipinski definition) is 3. The van der Waals surface area contributed by atoms with Crippen molar-refractivity contribution in [3.8, 4) is 15.5 Å². The molecule has 0 aliphatic carbocycles. The van der Waals surface area contributed by atoms with Gasteiger partial charge in [-0.1, -0.05) is 25.2 Å². The average molecular weight is 325 g/mol. The van der Waals surface area contributed by atoms with Crippen molar-refractivity contribution in [2.75, 3.05) is 18.5 Å². The summed E-state index contributed by atoms with van der Waals surface area (Å²) in [5.41, 5.74) is 2.58. The molecule has 0 fully saturated rings. The van der Waals surface area contributed by atoms with Crippen LogP contribution in [0.3, 0.4) is 0 Å². The predicted octanol–water partition coefficient (Wildman–Crippen LogP) is 5.47. The van der Waals surface area contributed by atoms with Gasteiger partial charge in [0.05, 0.1) is 0 Å². The van der Waals surface area contributed by atoms with E-state index in [0.29, 0.717) is 10.4 Å². The van der Waals surface area contributed by atoms with Crippen LogP contribution in [0.4, 0.5) is 14.5 Å². The fourth-order valence-electron chi connectivity index (χ4n) is 2.70. The number of aryl methyl sites for hydroxylation is 1. The zero-order valence-corrected chi connectivity index (χ0v) is 13.9. The molecule has 0 amide bonds. The SMILES string of the molecule is CC.CN1CCCc2cc(-c3ccc(O)s3)c(C(F)F)cc21. The number of fused-ring (bicyclic) bond motifs is 1. The Morgan fingerprint density at radius 1 is 1.23 bits per heavy atom. The predicted molar refractivity (Wildman–Crippen MR) is 89.3 cm³/mol. The fourth-order valence-corrected chi connectivity index (χ4v) is 3.48. The molecule has 1 N–H and O–H groups in total. The van der Waals surface area contributed by atoms with E-state index in [1.807, 2.05) is 31.9 Å². The molecule has 0 radical (unpaired) electrons. The minimum absolute atomic E-state index is 0.0411. The summed E-state index contributed by atoms with van der Waals surface area (Å²) < 4.78 is 26.7. The van der Waals surface area contributed by atoms with Gasteiger partial charge in [-0.2, -0.15) is 0 Å². The van der Waals surface area contributed by atoms with Crippen LogP contribution >= 0.6 is 11.3 Å². The van der Waals surface area contributed by atoms with Crippen molar-refractivity contribution in [3.63, 3.8) is 0 Å². The van der Waals surface area contributed by atoms with Gasteiger partial charge in [0.2, 0.25) is 0 Å². The molecule has 0 saturated heterocycles. The molecule has 2 heterocycles. The average Bonchev–Trinajstić information content (AvgIpc) is 2.95. The second-order valence-electron chi connectivity index (χ2n) is 5.03. The van der Waals surface area contributed by atoms with Crippen molar-refractivity contribution in [2.45, 2.75) is 33.1 Å². The third-order valence-corrected chi connectivity index (χ3v) is 4.62. The molecule has 1 aromatic carbocycles. The summed E-state index contributed by atoms with van der Waals surface area (Å²) >= 11 is 1.13. The van der Waals surface area contributed by atoms with E-state index in [4.69, 9.17) is 0 Å². The Morgan fingerprint density at radius 2 is 1.95 bits per heavy atom. The first-order valence-corrected chi connectivity index (χ1v) is 8.33. The Morgan fingerprint density at radius 3 is 2.55 bits per heavy atom. The molecule has 22 heavy (non-hydrogen) atoms. The first-order valence-electron chi connectivity index (χ1n) is 7.51. The normalized spacial score (nSPS) is 13.6. The number of benzene rings is 1. The second-order valence-corrected chi connectivity index (χ2v) is 6.09. The summed E-state index contributed by atoms with van der Waals surface area (Å²) in [4.78, 5) is 2.72. The smallest absolute Gasteiger partial charge is 0.264 e. The lowest BCUT2D eigenvalue weighted by Crippen LogP contribution is -2.24. The van der Waals surface area contributed by atoms with E-state index in [1.54, 1.807) is 18.2 Å². The van der Waals surface area contributed by atoms with Crippen LogP contribution in [-0.2, 0) is 6.42 Å². The topological polar surface area (TPSA) is 23.5 Å². The van der Waals surface area contributed by atoms with Crippen LogP contribution in [0.25, 0.3) is 10.4 Å². The third kappa shape index (κ3) is 3.24. The summed E-state index contributed by atoms with van der Waals surface area (Å²) in [6, 6.07) is 6.70. The zero-order chi connectivity index (χ0) is 16.3. The van der Waals surface area contributed by atoms with E-state index < -0.39 is 6.43 Å². The lowest BCUT2D eigenvalue weighted by molar-refractivity contribution is 0.152. The van der Waals surface area contributed by atoms with Gasteiger partial charge in [-0.25, -0.2) is 8.78 Å². The molecule has 0 spiro atoms. The summed E-state index contributed by atoms with van der Waals surface area (Å²) in [6.45, 7) is 4.90. The summed E-state index contributed by atoms with van der Waals surface area (Å²) in [5.74, 6) is 0. The first-order chi connectivity index (χ1) is 10.6. The number of rotatable bonds is 2. The molecule has 2 aromatic rings. The van der Waals surface area contributed by atoms with Crippen LogP contribution in [0.15, 0.2) is 24.3 Å². The maximum absolute atomic E-state index is 13.3. The van der Waals surface area contributed by atoms with Crippen molar-refractivity contribution in [2.24, 2.45) is 0 Å². The molecule has 3 rings (SSSR count). The monoisotopic (exact) mass is 325 g/mol. The Labute approximate surface area is 134 Å². The lowest BCUT2D eigenvalue weighted by Gasteiger charge is -2.29. The lowest BCUT2D eigenvalue weighted by atomic mass is 9.95. The van der Waals surface area contributed by atoms with Crippen LogP contribution in [0.1, 0.15) is 37.8 Å². The van der Waals surface area contributed by atoms with Crippen LogP contribution in [0.5, 0.6) is 5.06 Å². The Bertz CT molecular complexity index is 640. The maximum Gasteiger partial charge on any atom is 0.264 e. The largest absolute Gasteiger partial charge is 0.499 e. The molecular weight excluding hydrogens is 304 g/mol. The summed E-state index contributed by atoms with van der Waals surface area (Å²) in [7, 11) is 1.93. The molecule has 0 saturated carbocycles. The minimum Gasteiger partial charge on any atom is -0.499 e. The van der Waals surface area contributed by atoms with Crippen LogP contribution in [0.2, 0.25) is 0 Å². The standard InChI is InChI=1S/C15H15F2NOS.C2H6/c1-18-6-2-3-9-7-10(13-4-5-14(19)20-13)11(15(16)17)8-12(9)18;1-2/h4-5,7-8,15,19H,2-3,6H2,1H3;1-2H3. The Balaban J connectivity index is 0.000000847. The van der Waals surface area contributed by atoms with Gasteiger partial charge in [-0.05, 0) is 42.7 Å². The number of anilines is 1. The van der Waals surface area contributed by atoms with Gasteiger partial charge in [-0.3, -0.25) is 0 Å². The quantitative estimate of drug-likeness (QED) is 0.792. The highest BCUT2D eigenvalue weighted by Crippen LogP contribution is 2.41. The van der Waals surface area contributed by atoms with Crippen LogP contribution in [-0.4, -0.2) is 18.7 Å². The van der Waals surface area contributed by atoms with Crippen molar-refractivity contribution in [1.29, 1.82) is 0 Å². The van der Waals surface area contributed by atoms with E-state index in [0.717, 1.165) is 42.0 Å². The molecule has 1 aromatic heterocycles. The fraction of sp³-hybridized carbons (Fsp3) is 0.412. The van der Waals surface area contributed by atoms with E-state index in [-0.39, 0.29) is 10.6 Å². The van der Waals surface area contributed by atoms with Gasteiger partial charge in [0.15, 0.2) is 5.06 Å². The Kier molecular flexibility index (Phi) is 5.40. The molecular formula is C17H21F2NOS. The molecule has 5 heteroatoms. The van der Waals surface area contributed by atoms with Gasteiger partial charge < -0.3 is 10.0 Å². The maximum atomic E-state index is 13.3. The summed E-state index contributed by atoms with van der Waals surface area (Å²) in [5, 5.41) is 9.60. The first kappa shape index (κ1) is 16.7. The van der Waals surface area contributed by atoms with Gasteiger partial charge in [0.1, 0.15) is 0 Å². The van der Waals surface area contributed by atoms with Crippen molar-refractivity contribution >= 4 is 17.0 Å². The highest BCUT2D eigenvalue weighted by atomic mass is 32.1. The molecule has 0 bridgehead atoms. The molecule has 2 nitrogen and oxygen atoms in total. The molecule has 0 unspecified atom stereocenters.